The third-order valence-corrected chi connectivity index (χ3v) is 3.01. The molecule has 0 saturated heterocycles. The average Bonchev–Trinajstić information content (AvgIpc) is 2.92. The number of nitrogens with one attached hydrogen (secondary N) is 1. The van der Waals surface area contributed by atoms with Crippen LogP contribution in [-0.4, -0.2) is 27.4 Å². The Morgan fingerprint density at radius 1 is 1.56 bits per heavy atom. The van der Waals surface area contributed by atoms with Crippen molar-refractivity contribution in [1.29, 1.82) is 0 Å². The fourth-order valence-corrected chi connectivity index (χ4v) is 2.21. The van der Waals surface area contributed by atoms with E-state index in [-0.39, 0.29) is 11.8 Å². The van der Waals surface area contributed by atoms with Crippen LogP contribution in [0.1, 0.15) is 23.0 Å². The Bertz CT molecular complexity index is 618. The highest BCUT2D eigenvalue weighted by molar-refractivity contribution is 5.87. The fraction of sp³-hybridized carbons (Fsp3) is 0.231. The van der Waals surface area contributed by atoms with Crippen LogP contribution in [0.5, 0.6) is 5.75 Å². The van der Waals surface area contributed by atoms with E-state index in [1.807, 2.05) is 25.1 Å². The number of H-pyrrole nitrogens is 1. The average molecular weight is 244 g/mol. The molecule has 0 saturated carbocycles. The molecule has 1 aromatic heterocycles. The standard InChI is InChI=1S/C13H12N2O3/c1-7-5-8-3-2-4-9(12(8)18-7)10-6-11(13(16)17)15-14-10/h2-4,6-7H,5H2,1H3,(H,14,15)(H,16,17). The molecule has 2 N–H and O–H groups in total. The minimum atomic E-state index is -1.02. The van der Waals surface area contributed by atoms with Crippen molar-refractivity contribution >= 4 is 5.97 Å². The first-order valence-electron chi connectivity index (χ1n) is 5.73. The normalized spacial score (nSPS) is 17.3. The van der Waals surface area contributed by atoms with Crippen molar-refractivity contribution in [2.45, 2.75) is 19.4 Å². The lowest BCUT2D eigenvalue weighted by Gasteiger charge is -2.06. The molecule has 0 radical (unpaired) electrons. The van der Waals surface area contributed by atoms with Crippen LogP contribution >= 0.6 is 0 Å². The predicted octanol–water partition coefficient (Wildman–Crippen LogP) is 2.10. The summed E-state index contributed by atoms with van der Waals surface area (Å²) in [5.41, 5.74) is 2.65. The Labute approximate surface area is 103 Å². The van der Waals surface area contributed by atoms with Crippen molar-refractivity contribution in [3.8, 4) is 17.0 Å². The van der Waals surface area contributed by atoms with Crippen molar-refractivity contribution in [2.24, 2.45) is 0 Å². The lowest BCUT2D eigenvalue weighted by molar-refractivity contribution is 0.0690. The van der Waals surface area contributed by atoms with Crippen LogP contribution in [0.4, 0.5) is 0 Å². The smallest absolute Gasteiger partial charge is 0.353 e. The maximum Gasteiger partial charge on any atom is 0.353 e. The van der Waals surface area contributed by atoms with E-state index in [1.165, 1.54) is 6.07 Å². The molecule has 2 heterocycles. The van der Waals surface area contributed by atoms with Crippen molar-refractivity contribution < 1.29 is 14.6 Å². The molecule has 0 fully saturated rings. The van der Waals surface area contributed by atoms with Crippen LogP contribution in [-0.2, 0) is 6.42 Å². The molecule has 5 heteroatoms. The topological polar surface area (TPSA) is 75.2 Å². The summed E-state index contributed by atoms with van der Waals surface area (Å²) in [5, 5.41) is 15.4. The second-order valence-corrected chi connectivity index (χ2v) is 4.40. The lowest BCUT2D eigenvalue weighted by Crippen LogP contribution is -2.05. The number of aromatic nitrogens is 2. The number of para-hydroxylation sites is 1. The molecule has 0 amide bonds. The molecule has 1 unspecified atom stereocenters. The lowest BCUT2D eigenvalue weighted by atomic mass is 10.0. The van der Waals surface area contributed by atoms with Gasteiger partial charge < -0.3 is 9.84 Å². The molecule has 92 valence electrons. The van der Waals surface area contributed by atoms with Gasteiger partial charge in [-0.25, -0.2) is 4.79 Å². The summed E-state index contributed by atoms with van der Waals surface area (Å²) in [6.45, 7) is 2.01. The predicted molar refractivity (Wildman–Crippen MR) is 64.8 cm³/mol. The number of carboxylic acid groups (broad SMARTS) is 1. The maximum absolute atomic E-state index is 10.8. The van der Waals surface area contributed by atoms with E-state index in [9.17, 15) is 4.79 Å². The molecule has 18 heavy (non-hydrogen) atoms. The van der Waals surface area contributed by atoms with Crippen LogP contribution < -0.4 is 4.74 Å². The Kier molecular flexibility index (Phi) is 2.33. The molecule has 1 aliphatic heterocycles. The zero-order chi connectivity index (χ0) is 12.7. The van der Waals surface area contributed by atoms with Crippen molar-refractivity contribution in [1.82, 2.24) is 10.2 Å². The van der Waals surface area contributed by atoms with Crippen LogP contribution in [0.3, 0.4) is 0 Å². The highest BCUT2D eigenvalue weighted by Gasteiger charge is 2.23. The number of fused-ring (bicyclic) bond motifs is 1. The fourth-order valence-electron chi connectivity index (χ4n) is 2.21. The summed E-state index contributed by atoms with van der Waals surface area (Å²) >= 11 is 0. The van der Waals surface area contributed by atoms with E-state index in [2.05, 4.69) is 10.2 Å². The number of hydrogen-bond donors (Lipinski definition) is 2. The van der Waals surface area contributed by atoms with E-state index in [0.717, 1.165) is 23.3 Å². The van der Waals surface area contributed by atoms with Gasteiger partial charge in [-0.2, -0.15) is 5.10 Å². The van der Waals surface area contributed by atoms with Crippen molar-refractivity contribution in [3.63, 3.8) is 0 Å². The van der Waals surface area contributed by atoms with Gasteiger partial charge in [0.1, 0.15) is 17.5 Å². The number of hydrogen-bond acceptors (Lipinski definition) is 3. The minimum absolute atomic E-state index is 0.0775. The Morgan fingerprint density at radius 2 is 2.39 bits per heavy atom. The second kappa shape index (κ2) is 3.87. The Hall–Kier alpha value is -2.30. The number of carboxylic acids is 1. The quantitative estimate of drug-likeness (QED) is 0.848. The van der Waals surface area contributed by atoms with Crippen molar-refractivity contribution in [3.05, 3.63) is 35.5 Å². The molecule has 1 atom stereocenters. The molecule has 0 aliphatic carbocycles. The van der Waals surface area contributed by atoms with Crippen LogP contribution in [0.15, 0.2) is 24.3 Å². The highest BCUT2D eigenvalue weighted by Crippen LogP contribution is 2.37. The third kappa shape index (κ3) is 1.64. The SMILES string of the molecule is CC1Cc2cccc(-c3cc(C(=O)O)[nH]n3)c2O1. The first-order valence-corrected chi connectivity index (χ1v) is 5.73. The zero-order valence-corrected chi connectivity index (χ0v) is 9.80. The summed E-state index contributed by atoms with van der Waals surface area (Å²) < 4.78 is 5.76. The van der Waals surface area contributed by atoms with E-state index in [0.29, 0.717) is 5.69 Å². The number of benzene rings is 1. The Balaban J connectivity index is 2.07. The third-order valence-electron chi connectivity index (χ3n) is 3.01. The first-order chi connectivity index (χ1) is 8.65. The number of aromatic amines is 1. The maximum atomic E-state index is 10.8. The van der Waals surface area contributed by atoms with Crippen LogP contribution in [0.2, 0.25) is 0 Å². The molecule has 1 aliphatic rings. The molecular weight excluding hydrogens is 232 g/mol. The number of carbonyl (C=O) groups is 1. The van der Waals surface area contributed by atoms with Gasteiger partial charge in [0.25, 0.3) is 0 Å². The number of ether oxygens (including phenoxy) is 1. The second-order valence-electron chi connectivity index (χ2n) is 4.40. The summed E-state index contributed by atoms with van der Waals surface area (Å²) in [4.78, 5) is 10.8. The number of nitrogens with zero attached hydrogens (tertiary/aromatic N) is 1. The largest absolute Gasteiger partial charge is 0.489 e. The molecule has 0 bridgehead atoms. The van der Waals surface area contributed by atoms with E-state index in [1.54, 1.807) is 0 Å². The van der Waals surface area contributed by atoms with Gasteiger partial charge in [0.2, 0.25) is 0 Å². The van der Waals surface area contributed by atoms with Gasteiger partial charge in [0.05, 0.1) is 5.69 Å². The van der Waals surface area contributed by atoms with Crippen molar-refractivity contribution in [2.75, 3.05) is 0 Å². The molecule has 0 spiro atoms. The molecular formula is C13H12N2O3. The van der Waals surface area contributed by atoms with Gasteiger partial charge in [0.15, 0.2) is 0 Å². The highest BCUT2D eigenvalue weighted by atomic mass is 16.5. The Morgan fingerprint density at radius 3 is 3.11 bits per heavy atom. The summed E-state index contributed by atoms with van der Waals surface area (Å²) in [6.07, 6.45) is 1.03. The first kappa shape index (κ1) is 10.8. The number of rotatable bonds is 2. The van der Waals surface area contributed by atoms with E-state index < -0.39 is 5.97 Å². The molecule has 5 nitrogen and oxygen atoms in total. The van der Waals surface area contributed by atoms with Gasteiger partial charge in [-0.05, 0) is 24.6 Å². The minimum Gasteiger partial charge on any atom is -0.489 e. The molecule has 2 aromatic rings. The van der Waals surface area contributed by atoms with Crippen LogP contribution in [0.25, 0.3) is 11.3 Å². The monoisotopic (exact) mass is 244 g/mol. The molecule has 1 aromatic carbocycles. The van der Waals surface area contributed by atoms with Gasteiger partial charge >= 0.3 is 5.97 Å². The molecule has 3 rings (SSSR count). The van der Waals surface area contributed by atoms with E-state index >= 15 is 0 Å². The summed E-state index contributed by atoms with van der Waals surface area (Å²) in [7, 11) is 0. The van der Waals surface area contributed by atoms with Gasteiger partial charge in [-0.1, -0.05) is 12.1 Å². The van der Waals surface area contributed by atoms with Crippen LogP contribution in [0, 0.1) is 0 Å². The number of aromatic carboxylic acids is 1. The van der Waals surface area contributed by atoms with Gasteiger partial charge in [-0.15, -0.1) is 0 Å². The van der Waals surface area contributed by atoms with E-state index in [4.69, 9.17) is 9.84 Å². The van der Waals surface area contributed by atoms with Gasteiger partial charge in [-0.3, -0.25) is 5.10 Å². The van der Waals surface area contributed by atoms with Gasteiger partial charge in [0, 0.05) is 12.0 Å². The summed E-state index contributed by atoms with van der Waals surface area (Å²) in [6, 6.07) is 7.36. The summed E-state index contributed by atoms with van der Waals surface area (Å²) in [5.74, 6) is -0.205. The zero-order valence-electron chi connectivity index (χ0n) is 9.80.